The molecule has 0 bridgehead atoms. The minimum Gasteiger partial charge on any atom is -0.465 e. The summed E-state index contributed by atoms with van der Waals surface area (Å²) >= 11 is 0. The molecule has 0 unspecified atom stereocenters. The zero-order valence-corrected chi connectivity index (χ0v) is 13.9. The summed E-state index contributed by atoms with van der Waals surface area (Å²) in [6.45, 7) is 4.64. The van der Waals surface area contributed by atoms with E-state index in [1.807, 2.05) is 17.0 Å². The van der Waals surface area contributed by atoms with Gasteiger partial charge in [0.1, 0.15) is 5.69 Å². The van der Waals surface area contributed by atoms with Gasteiger partial charge in [-0.1, -0.05) is 12.1 Å². The van der Waals surface area contributed by atoms with Crippen LogP contribution in [0, 0.1) is 0 Å². The Morgan fingerprint density at radius 3 is 2.88 bits per heavy atom. The molecule has 0 amide bonds. The van der Waals surface area contributed by atoms with E-state index in [2.05, 4.69) is 23.8 Å². The number of benzene rings is 1. The number of H-pyrrole nitrogens is 1. The number of pyridine rings is 1. The number of hydrogen-bond acceptors (Lipinski definition) is 4. The number of carbonyl (C=O) groups is 1. The molecule has 1 N–H and O–H groups in total. The number of fused-ring (bicyclic) bond motifs is 1. The standard InChI is InChI=1S/C18H19N3O3/c1-18(2)14-6-4-5-12(17(23)24-3)13(14)10-21(18)11-20-15-9-19-8-7-16(15)22/h4-9,11H,10H2,1-3H3,(H,19,22). The van der Waals surface area contributed by atoms with E-state index in [0.717, 1.165) is 11.1 Å². The minimum absolute atomic E-state index is 0.144. The number of aromatic amines is 1. The lowest BCUT2D eigenvalue weighted by atomic mass is 9.92. The van der Waals surface area contributed by atoms with Crippen molar-refractivity contribution in [2.24, 2.45) is 4.99 Å². The summed E-state index contributed by atoms with van der Waals surface area (Å²) in [7, 11) is 1.38. The molecular formula is C18H19N3O3. The van der Waals surface area contributed by atoms with Crippen LogP contribution in [-0.4, -0.2) is 29.3 Å². The highest BCUT2D eigenvalue weighted by Gasteiger charge is 2.38. The third kappa shape index (κ3) is 2.60. The first kappa shape index (κ1) is 16.0. The lowest BCUT2D eigenvalue weighted by molar-refractivity contribution is 0.0599. The van der Waals surface area contributed by atoms with E-state index in [9.17, 15) is 9.59 Å². The van der Waals surface area contributed by atoms with E-state index in [0.29, 0.717) is 17.8 Å². The molecule has 24 heavy (non-hydrogen) atoms. The van der Waals surface area contributed by atoms with Crippen LogP contribution in [0.3, 0.4) is 0 Å². The molecule has 2 aromatic rings. The van der Waals surface area contributed by atoms with E-state index < -0.39 is 0 Å². The number of nitrogens with one attached hydrogen (secondary N) is 1. The maximum Gasteiger partial charge on any atom is 0.338 e. The lowest BCUT2D eigenvalue weighted by Gasteiger charge is -2.30. The molecule has 0 aliphatic carbocycles. The first-order chi connectivity index (χ1) is 11.4. The number of methoxy groups -OCH3 is 1. The highest BCUT2D eigenvalue weighted by atomic mass is 16.5. The number of rotatable bonds is 3. The van der Waals surface area contributed by atoms with Crippen LogP contribution in [0.15, 0.2) is 46.4 Å². The average molecular weight is 325 g/mol. The van der Waals surface area contributed by atoms with Crippen molar-refractivity contribution in [2.75, 3.05) is 7.11 Å². The predicted molar refractivity (Wildman–Crippen MR) is 91.6 cm³/mol. The van der Waals surface area contributed by atoms with Crippen LogP contribution in [0.4, 0.5) is 5.69 Å². The van der Waals surface area contributed by atoms with Gasteiger partial charge in [-0.05, 0) is 31.0 Å². The van der Waals surface area contributed by atoms with Gasteiger partial charge in [0.25, 0.3) is 0 Å². The molecule has 1 aromatic heterocycles. The fraction of sp³-hybridized carbons (Fsp3) is 0.278. The van der Waals surface area contributed by atoms with E-state index in [1.54, 1.807) is 24.8 Å². The van der Waals surface area contributed by atoms with Crippen LogP contribution < -0.4 is 5.43 Å². The number of hydrogen-bond donors (Lipinski definition) is 1. The molecule has 0 atom stereocenters. The van der Waals surface area contributed by atoms with Crippen molar-refractivity contribution in [3.63, 3.8) is 0 Å². The van der Waals surface area contributed by atoms with Gasteiger partial charge >= 0.3 is 5.97 Å². The largest absolute Gasteiger partial charge is 0.465 e. The molecule has 0 spiro atoms. The number of ether oxygens (including phenoxy) is 1. The maximum absolute atomic E-state index is 12.0. The summed E-state index contributed by atoms with van der Waals surface area (Å²) in [6, 6.07) is 7.06. The van der Waals surface area contributed by atoms with Crippen molar-refractivity contribution in [3.8, 4) is 0 Å². The van der Waals surface area contributed by atoms with Gasteiger partial charge in [0.05, 0.1) is 24.6 Å². The minimum atomic E-state index is -0.346. The van der Waals surface area contributed by atoms with E-state index in [1.165, 1.54) is 13.2 Å². The van der Waals surface area contributed by atoms with Gasteiger partial charge in [0, 0.05) is 25.0 Å². The zero-order valence-electron chi connectivity index (χ0n) is 13.9. The van der Waals surface area contributed by atoms with Gasteiger partial charge in [-0.2, -0.15) is 0 Å². The summed E-state index contributed by atoms with van der Waals surface area (Å²) < 4.78 is 4.87. The predicted octanol–water partition coefficient (Wildman–Crippen LogP) is 2.57. The summed E-state index contributed by atoms with van der Waals surface area (Å²) in [4.78, 5) is 32.9. The number of nitrogens with zero attached hydrogens (tertiary/aromatic N) is 2. The highest BCUT2D eigenvalue weighted by Crippen LogP contribution is 2.39. The summed E-state index contributed by atoms with van der Waals surface area (Å²) in [5.74, 6) is -0.346. The number of aromatic nitrogens is 1. The molecule has 6 heteroatoms. The molecule has 1 aromatic carbocycles. The Balaban J connectivity index is 1.97. The van der Waals surface area contributed by atoms with Gasteiger partial charge in [-0.25, -0.2) is 9.79 Å². The van der Waals surface area contributed by atoms with Crippen molar-refractivity contribution in [2.45, 2.75) is 25.9 Å². The molecule has 0 fully saturated rings. The summed E-state index contributed by atoms with van der Waals surface area (Å²) in [5.41, 5.74) is 2.41. The van der Waals surface area contributed by atoms with Crippen LogP contribution in [0.5, 0.6) is 0 Å². The molecular weight excluding hydrogens is 306 g/mol. The molecule has 0 saturated carbocycles. The fourth-order valence-electron chi connectivity index (χ4n) is 2.98. The monoisotopic (exact) mass is 325 g/mol. The Morgan fingerprint density at radius 1 is 1.38 bits per heavy atom. The second-order valence-corrected chi connectivity index (χ2v) is 6.15. The fourth-order valence-corrected chi connectivity index (χ4v) is 2.98. The van der Waals surface area contributed by atoms with Gasteiger partial charge in [0.15, 0.2) is 0 Å². The van der Waals surface area contributed by atoms with Crippen molar-refractivity contribution in [3.05, 3.63) is 63.6 Å². The average Bonchev–Trinajstić information content (AvgIpc) is 2.84. The SMILES string of the molecule is COC(=O)c1cccc2c1CN(C=Nc1c[nH]ccc1=O)C2(C)C. The molecule has 124 valence electrons. The number of aliphatic imine (C=N–C) groups is 1. The van der Waals surface area contributed by atoms with Gasteiger partial charge in [0.2, 0.25) is 5.43 Å². The second-order valence-electron chi connectivity index (χ2n) is 6.15. The summed E-state index contributed by atoms with van der Waals surface area (Å²) in [6.07, 6.45) is 4.79. The van der Waals surface area contributed by atoms with Gasteiger partial charge < -0.3 is 14.6 Å². The Hall–Kier alpha value is -2.89. The zero-order chi connectivity index (χ0) is 17.3. The van der Waals surface area contributed by atoms with Crippen LogP contribution in [0.2, 0.25) is 0 Å². The van der Waals surface area contributed by atoms with Crippen molar-refractivity contribution in [1.82, 2.24) is 9.88 Å². The smallest absolute Gasteiger partial charge is 0.338 e. The van der Waals surface area contributed by atoms with E-state index in [-0.39, 0.29) is 16.9 Å². The Kier molecular flexibility index (Phi) is 3.97. The van der Waals surface area contributed by atoms with Crippen molar-refractivity contribution >= 4 is 18.0 Å². The van der Waals surface area contributed by atoms with Crippen LogP contribution in [-0.2, 0) is 16.8 Å². The Morgan fingerprint density at radius 2 is 2.17 bits per heavy atom. The quantitative estimate of drug-likeness (QED) is 0.535. The van der Waals surface area contributed by atoms with Crippen LogP contribution >= 0.6 is 0 Å². The molecule has 6 nitrogen and oxygen atoms in total. The molecule has 3 rings (SSSR count). The molecule has 0 radical (unpaired) electrons. The molecule has 1 aliphatic rings. The normalized spacial score (nSPS) is 15.5. The topological polar surface area (TPSA) is 74.8 Å². The Bertz CT molecular complexity index is 868. The van der Waals surface area contributed by atoms with Crippen LogP contribution in [0.1, 0.15) is 35.3 Å². The molecule has 1 aliphatic heterocycles. The third-order valence-electron chi connectivity index (χ3n) is 4.43. The molecule has 0 saturated heterocycles. The Labute approximate surface area is 139 Å². The van der Waals surface area contributed by atoms with Crippen molar-refractivity contribution in [1.29, 1.82) is 0 Å². The first-order valence-electron chi connectivity index (χ1n) is 7.64. The maximum atomic E-state index is 12.0. The van der Waals surface area contributed by atoms with Crippen LogP contribution in [0.25, 0.3) is 0 Å². The second kappa shape index (κ2) is 5.96. The molecule has 2 heterocycles. The van der Waals surface area contributed by atoms with Crippen molar-refractivity contribution < 1.29 is 9.53 Å². The van der Waals surface area contributed by atoms with Gasteiger partial charge in [-0.15, -0.1) is 0 Å². The third-order valence-corrected chi connectivity index (χ3v) is 4.43. The summed E-state index contributed by atoms with van der Waals surface area (Å²) in [5, 5.41) is 0. The highest BCUT2D eigenvalue weighted by molar-refractivity contribution is 5.92. The first-order valence-corrected chi connectivity index (χ1v) is 7.64. The number of esters is 1. The van der Waals surface area contributed by atoms with E-state index >= 15 is 0 Å². The van der Waals surface area contributed by atoms with E-state index in [4.69, 9.17) is 4.74 Å². The number of carbonyl (C=O) groups excluding carboxylic acids is 1. The lowest BCUT2D eigenvalue weighted by Crippen LogP contribution is -2.34. The van der Waals surface area contributed by atoms with Gasteiger partial charge in [-0.3, -0.25) is 4.79 Å².